The van der Waals surface area contributed by atoms with Crippen molar-refractivity contribution in [1.29, 1.82) is 0 Å². The fourth-order valence-corrected chi connectivity index (χ4v) is 1.68. The fraction of sp³-hybridized carbons (Fsp3) is 0.308. The fourth-order valence-electron chi connectivity index (χ4n) is 1.68. The van der Waals surface area contributed by atoms with E-state index in [1.165, 1.54) is 5.56 Å². The van der Waals surface area contributed by atoms with Crippen molar-refractivity contribution in [1.82, 2.24) is 15.2 Å². The van der Waals surface area contributed by atoms with E-state index in [9.17, 15) is 0 Å². The Bertz CT molecular complexity index is 555. The zero-order valence-corrected chi connectivity index (χ0v) is 10.8. The average Bonchev–Trinajstić information content (AvgIpc) is 2.28. The summed E-state index contributed by atoms with van der Waals surface area (Å²) in [6.45, 7) is 6.50. The molecule has 0 saturated heterocycles. The minimum atomic E-state index is 0.0857. The molecule has 0 fully saturated rings. The number of benzene rings is 1. The molecule has 94 valence electrons. The summed E-state index contributed by atoms with van der Waals surface area (Å²) in [4.78, 5) is 3.90. The topological polar surface area (TPSA) is 90.7 Å². The molecule has 0 aliphatic heterocycles. The molecule has 2 aromatic rings. The average molecular weight is 243 g/mol. The summed E-state index contributed by atoms with van der Waals surface area (Å²) in [5.41, 5.74) is 14.0. The third-order valence-electron chi connectivity index (χ3n) is 2.75. The van der Waals surface area contributed by atoms with Crippen molar-refractivity contribution in [3.8, 4) is 11.3 Å². The van der Waals surface area contributed by atoms with Crippen molar-refractivity contribution >= 4 is 11.8 Å². The van der Waals surface area contributed by atoms with Crippen LogP contribution in [0.25, 0.3) is 11.3 Å². The predicted molar refractivity (Wildman–Crippen MR) is 72.8 cm³/mol. The molecule has 0 unspecified atom stereocenters. The number of nitrogens with two attached hydrogens (primary N) is 2. The van der Waals surface area contributed by atoms with Gasteiger partial charge in [0.25, 0.3) is 0 Å². The molecule has 0 radical (unpaired) electrons. The normalized spacial score (nSPS) is 11.5. The van der Waals surface area contributed by atoms with Crippen LogP contribution in [0.15, 0.2) is 24.3 Å². The van der Waals surface area contributed by atoms with Crippen LogP contribution in [0.5, 0.6) is 0 Å². The van der Waals surface area contributed by atoms with E-state index in [2.05, 4.69) is 48.1 Å². The summed E-state index contributed by atoms with van der Waals surface area (Å²) in [5, 5.41) is 7.70. The first-order chi connectivity index (χ1) is 8.38. The van der Waals surface area contributed by atoms with Crippen LogP contribution in [0, 0.1) is 0 Å². The Labute approximate surface area is 106 Å². The lowest BCUT2D eigenvalue weighted by Gasteiger charge is -2.19. The maximum atomic E-state index is 5.78. The maximum absolute atomic E-state index is 5.78. The highest BCUT2D eigenvalue weighted by molar-refractivity contribution is 5.69. The van der Waals surface area contributed by atoms with Gasteiger partial charge < -0.3 is 11.5 Å². The summed E-state index contributed by atoms with van der Waals surface area (Å²) in [6.07, 6.45) is 0. The quantitative estimate of drug-likeness (QED) is 0.799. The highest BCUT2D eigenvalue weighted by Gasteiger charge is 2.14. The Balaban J connectivity index is 2.41. The zero-order valence-electron chi connectivity index (χ0n) is 10.8. The van der Waals surface area contributed by atoms with Crippen molar-refractivity contribution in [3.63, 3.8) is 0 Å². The Morgan fingerprint density at radius 2 is 1.56 bits per heavy atom. The SMILES string of the molecule is CC(C)(C)c1ccc(-c2nnc(N)nc2N)cc1. The van der Waals surface area contributed by atoms with Gasteiger partial charge in [-0.25, -0.2) is 0 Å². The lowest BCUT2D eigenvalue weighted by molar-refractivity contribution is 0.590. The van der Waals surface area contributed by atoms with Gasteiger partial charge in [0, 0.05) is 5.56 Å². The lowest BCUT2D eigenvalue weighted by Crippen LogP contribution is -2.10. The van der Waals surface area contributed by atoms with Gasteiger partial charge in [0.05, 0.1) is 0 Å². The van der Waals surface area contributed by atoms with Crippen LogP contribution in [0.3, 0.4) is 0 Å². The number of anilines is 2. The van der Waals surface area contributed by atoms with E-state index in [4.69, 9.17) is 11.5 Å². The van der Waals surface area contributed by atoms with Gasteiger partial charge in [-0.2, -0.15) is 4.98 Å². The van der Waals surface area contributed by atoms with Gasteiger partial charge in [-0.15, -0.1) is 10.2 Å². The molecule has 5 heteroatoms. The van der Waals surface area contributed by atoms with Crippen molar-refractivity contribution in [2.75, 3.05) is 11.5 Å². The maximum Gasteiger partial charge on any atom is 0.242 e. The van der Waals surface area contributed by atoms with Crippen LogP contribution in [-0.2, 0) is 5.41 Å². The Hall–Kier alpha value is -2.17. The first kappa shape index (κ1) is 12.3. The molecule has 1 aromatic carbocycles. The van der Waals surface area contributed by atoms with E-state index in [0.717, 1.165) is 5.56 Å². The molecular weight excluding hydrogens is 226 g/mol. The molecule has 0 bridgehead atoms. The first-order valence-corrected chi connectivity index (χ1v) is 5.74. The van der Waals surface area contributed by atoms with E-state index in [1.54, 1.807) is 0 Å². The van der Waals surface area contributed by atoms with E-state index in [1.807, 2.05) is 12.1 Å². The van der Waals surface area contributed by atoms with E-state index in [0.29, 0.717) is 11.5 Å². The zero-order chi connectivity index (χ0) is 13.3. The van der Waals surface area contributed by atoms with Crippen molar-refractivity contribution in [2.24, 2.45) is 0 Å². The third-order valence-corrected chi connectivity index (χ3v) is 2.75. The van der Waals surface area contributed by atoms with Crippen molar-refractivity contribution in [3.05, 3.63) is 29.8 Å². The summed E-state index contributed by atoms with van der Waals surface area (Å²) in [5.74, 6) is 0.383. The minimum absolute atomic E-state index is 0.0857. The molecule has 18 heavy (non-hydrogen) atoms. The van der Waals surface area contributed by atoms with Gasteiger partial charge in [-0.05, 0) is 11.0 Å². The van der Waals surface area contributed by atoms with Gasteiger partial charge in [-0.1, -0.05) is 45.0 Å². The molecule has 2 rings (SSSR count). The van der Waals surface area contributed by atoms with Crippen molar-refractivity contribution < 1.29 is 0 Å². The molecular formula is C13H17N5. The molecule has 1 aromatic heterocycles. The smallest absolute Gasteiger partial charge is 0.242 e. The van der Waals surface area contributed by atoms with Gasteiger partial charge in [0.1, 0.15) is 5.69 Å². The van der Waals surface area contributed by atoms with Crippen LogP contribution in [0.1, 0.15) is 26.3 Å². The van der Waals surface area contributed by atoms with Crippen LogP contribution in [0.4, 0.5) is 11.8 Å². The minimum Gasteiger partial charge on any atom is -0.382 e. The summed E-state index contributed by atoms with van der Waals surface area (Å²) >= 11 is 0. The Morgan fingerprint density at radius 1 is 0.944 bits per heavy atom. The highest BCUT2D eigenvalue weighted by atomic mass is 15.2. The monoisotopic (exact) mass is 243 g/mol. The number of aromatic nitrogens is 3. The standard InChI is InChI=1S/C13H17N5/c1-13(2,3)9-6-4-8(5-7-9)10-11(14)16-12(15)18-17-10/h4-7H,1-3H3,(H4,14,15,16,18). The summed E-state index contributed by atoms with van der Waals surface area (Å²) < 4.78 is 0. The number of rotatable bonds is 1. The molecule has 0 aliphatic carbocycles. The number of nitrogen functional groups attached to an aromatic ring is 2. The van der Waals surface area contributed by atoms with Gasteiger partial charge in [0.15, 0.2) is 5.82 Å². The molecule has 0 saturated carbocycles. The predicted octanol–water partition coefficient (Wildman–Crippen LogP) is 2.00. The number of nitrogens with zero attached hydrogens (tertiary/aromatic N) is 3. The molecule has 0 spiro atoms. The van der Waals surface area contributed by atoms with Gasteiger partial charge in [-0.3, -0.25) is 0 Å². The summed E-state index contributed by atoms with van der Waals surface area (Å²) in [6, 6.07) is 8.07. The lowest BCUT2D eigenvalue weighted by atomic mass is 9.86. The highest BCUT2D eigenvalue weighted by Crippen LogP contribution is 2.26. The van der Waals surface area contributed by atoms with Crippen LogP contribution >= 0.6 is 0 Å². The molecule has 0 amide bonds. The van der Waals surface area contributed by atoms with Gasteiger partial charge >= 0.3 is 0 Å². The first-order valence-electron chi connectivity index (χ1n) is 5.74. The Morgan fingerprint density at radius 3 is 2.06 bits per heavy atom. The second-order valence-corrected chi connectivity index (χ2v) is 5.23. The summed E-state index contributed by atoms with van der Waals surface area (Å²) in [7, 11) is 0. The van der Waals surface area contributed by atoms with E-state index in [-0.39, 0.29) is 11.4 Å². The van der Waals surface area contributed by atoms with Gasteiger partial charge in [0.2, 0.25) is 5.95 Å². The second-order valence-electron chi connectivity index (χ2n) is 5.23. The number of hydrogen-bond acceptors (Lipinski definition) is 5. The number of hydrogen-bond donors (Lipinski definition) is 2. The third kappa shape index (κ3) is 2.40. The van der Waals surface area contributed by atoms with Crippen molar-refractivity contribution in [2.45, 2.75) is 26.2 Å². The van der Waals surface area contributed by atoms with Crippen LogP contribution in [0.2, 0.25) is 0 Å². The van der Waals surface area contributed by atoms with Crippen LogP contribution < -0.4 is 11.5 Å². The Kier molecular flexibility index (Phi) is 2.90. The molecule has 4 N–H and O–H groups in total. The molecule has 0 aliphatic rings. The van der Waals surface area contributed by atoms with E-state index < -0.39 is 0 Å². The second kappa shape index (κ2) is 4.25. The van der Waals surface area contributed by atoms with E-state index >= 15 is 0 Å². The van der Waals surface area contributed by atoms with Crippen LogP contribution in [-0.4, -0.2) is 15.2 Å². The molecule has 0 atom stereocenters. The largest absolute Gasteiger partial charge is 0.382 e. The molecule has 5 nitrogen and oxygen atoms in total. The molecule has 1 heterocycles.